The zero-order valence-corrected chi connectivity index (χ0v) is 16.8. The molecule has 0 spiro atoms. The van der Waals surface area contributed by atoms with Crippen LogP contribution in [-0.4, -0.2) is 66.0 Å². The first-order chi connectivity index (χ1) is 12.8. The number of benzene rings is 1. The summed E-state index contributed by atoms with van der Waals surface area (Å²) in [6.45, 7) is 6.99. The van der Waals surface area contributed by atoms with E-state index in [9.17, 15) is 4.79 Å². The highest BCUT2D eigenvalue weighted by Crippen LogP contribution is 2.21. The second-order valence-electron chi connectivity index (χ2n) is 7.28. The van der Waals surface area contributed by atoms with E-state index in [1.165, 1.54) is 38.1 Å². The molecule has 2 fully saturated rings. The van der Waals surface area contributed by atoms with Crippen molar-refractivity contribution in [2.45, 2.75) is 45.1 Å². The summed E-state index contributed by atoms with van der Waals surface area (Å²) >= 11 is 2.01. The molecular formula is C21H32N2O2S. The van der Waals surface area contributed by atoms with Gasteiger partial charge >= 0.3 is 0 Å². The predicted octanol–water partition coefficient (Wildman–Crippen LogP) is 3.45. The van der Waals surface area contributed by atoms with Crippen LogP contribution in [0.3, 0.4) is 0 Å². The minimum absolute atomic E-state index is 0.277. The first-order valence-electron chi connectivity index (χ1n) is 10.1. The molecule has 0 aromatic heterocycles. The van der Waals surface area contributed by atoms with E-state index in [1.54, 1.807) is 0 Å². The maximum absolute atomic E-state index is 13.0. The molecular weight excluding hydrogens is 344 g/mol. The van der Waals surface area contributed by atoms with Crippen molar-refractivity contribution in [1.29, 1.82) is 0 Å². The molecule has 3 rings (SSSR count). The molecule has 144 valence electrons. The summed E-state index contributed by atoms with van der Waals surface area (Å²) < 4.78 is 5.50. The van der Waals surface area contributed by atoms with Gasteiger partial charge in [-0.2, -0.15) is 11.8 Å². The second kappa shape index (κ2) is 10.2. The van der Waals surface area contributed by atoms with E-state index in [2.05, 4.69) is 9.80 Å². The Kier molecular flexibility index (Phi) is 7.69. The lowest BCUT2D eigenvalue weighted by molar-refractivity contribution is -0.132. The van der Waals surface area contributed by atoms with Crippen molar-refractivity contribution in [2.75, 3.05) is 44.3 Å². The number of hydrogen-bond donors (Lipinski definition) is 0. The summed E-state index contributed by atoms with van der Waals surface area (Å²) in [5, 5.41) is 0. The van der Waals surface area contributed by atoms with Crippen LogP contribution in [0.15, 0.2) is 24.3 Å². The lowest BCUT2D eigenvalue weighted by Gasteiger charge is -2.36. The highest BCUT2D eigenvalue weighted by molar-refractivity contribution is 7.99. The number of piperidine rings is 1. The van der Waals surface area contributed by atoms with E-state index >= 15 is 0 Å². The van der Waals surface area contributed by atoms with Crippen molar-refractivity contribution >= 4 is 17.7 Å². The van der Waals surface area contributed by atoms with Crippen molar-refractivity contribution in [2.24, 2.45) is 0 Å². The Bertz CT molecular complexity index is 558. The largest absolute Gasteiger partial charge is 0.494 e. The summed E-state index contributed by atoms with van der Waals surface area (Å²) in [7, 11) is 0. The molecule has 2 heterocycles. The van der Waals surface area contributed by atoms with Crippen LogP contribution in [0.5, 0.6) is 5.75 Å². The number of rotatable bonds is 6. The second-order valence-corrected chi connectivity index (χ2v) is 8.43. The van der Waals surface area contributed by atoms with E-state index in [1.807, 2.05) is 43.0 Å². The van der Waals surface area contributed by atoms with Gasteiger partial charge in [-0.25, -0.2) is 0 Å². The maximum Gasteiger partial charge on any atom is 0.227 e. The van der Waals surface area contributed by atoms with Crippen LogP contribution < -0.4 is 4.74 Å². The first-order valence-corrected chi connectivity index (χ1v) is 11.2. The number of amides is 1. The summed E-state index contributed by atoms with van der Waals surface area (Å²) in [4.78, 5) is 17.8. The van der Waals surface area contributed by atoms with E-state index in [0.29, 0.717) is 19.1 Å². The fraction of sp³-hybridized carbons (Fsp3) is 0.667. The van der Waals surface area contributed by atoms with E-state index in [4.69, 9.17) is 4.74 Å². The van der Waals surface area contributed by atoms with Crippen molar-refractivity contribution < 1.29 is 9.53 Å². The molecule has 2 aliphatic heterocycles. The molecule has 4 nitrogen and oxygen atoms in total. The van der Waals surface area contributed by atoms with Gasteiger partial charge in [0.2, 0.25) is 5.91 Å². The van der Waals surface area contributed by atoms with E-state index in [-0.39, 0.29) is 5.91 Å². The molecule has 2 aliphatic rings. The number of carbonyl (C=O) groups excluding carboxylic acids is 1. The zero-order chi connectivity index (χ0) is 18.2. The van der Waals surface area contributed by atoms with Crippen LogP contribution in [0, 0.1) is 0 Å². The molecule has 0 radical (unpaired) electrons. The first kappa shape index (κ1) is 19.6. The van der Waals surface area contributed by atoms with Crippen molar-refractivity contribution in [3.8, 4) is 5.75 Å². The van der Waals surface area contributed by atoms with E-state index in [0.717, 1.165) is 36.6 Å². The van der Waals surface area contributed by atoms with Crippen LogP contribution in [0.4, 0.5) is 0 Å². The number of likely N-dealkylation sites (tertiary alicyclic amines) is 1. The van der Waals surface area contributed by atoms with E-state index < -0.39 is 0 Å². The predicted molar refractivity (Wildman–Crippen MR) is 109 cm³/mol. The average molecular weight is 377 g/mol. The van der Waals surface area contributed by atoms with Crippen molar-refractivity contribution in [3.63, 3.8) is 0 Å². The van der Waals surface area contributed by atoms with Crippen LogP contribution in [-0.2, 0) is 11.2 Å². The molecule has 2 saturated heterocycles. The Balaban J connectivity index is 1.61. The fourth-order valence-electron chi connectivity index (χ4n) is 3.89. The summed E-state index contributed by atoms with van der Waals surface area (Å²) in [5.41, 5.74) is 1.08. The number of hydrogen-bond acceptors (Lipinski definition) is 4. The van der Waals surface area contributed by atoms with Gasteiger partial charge in [0.15, 0.2) is 0 Å². The maximum atomic E-state index is 13.0. The average Bonchev–Trinajstić information content (AvgIpc) is 2.90. The molecule has 1 unspecified atom stereocenters. The minimum atomic E-state index is 0.277. The van der Waals surface area contributed by atoms with Crippen LogP contribution in [0.25, 0.3) is 0 Å². The SMILES string of the molecule is CCOc1ccc(CC(=O)N2CCCSCC2CN2CCCCC2)cc1. The molecule has 1 amide bonds. The number of nitrogens with zero attached hydrogens (tertiary/aromatic N) is 2. The van der Waals surface area contributed by atoms with Gasteiger partial charge in [-0.05, 0) is 62.7 Å². The number of ether oxygens (including phenoxy) is 1. The third-order valence-corrected chi connectivity index (χ3v) is 6.46. The Morgan fingerprint density at radius 1 is 1.12 bits per heavy atom. The molecule has 26 heavy (non-hydrogen) atoms. The minimum Gasteiger partial charge on any atom is -0.494 e. The standard InChI is InChI=1S/C21H32N2O2S/c1-2-25-20-9-7-18(8-10-20)15-21(24)23-13-6-14-26-17-19(23)16-22-11-4-3-5-12-22/h7-10,19H,2-6,11-17H2,1H3. The van der Waals surface area contributed by atoms with Crippen molar-refractivity contribution in [1.82, 2.24) is 9.80 Å². The van der Waals surface area contributed by atoms with Crippen LogP contribution in [0.1, 0.15) is 38.2 Å². The molecule has 1 aromatic carbocycles. The third-order valence-electron chi connectivity index (χ3n) is 5.27. The zero-order valence-electron chi connectivity index (χ0n) is 16.0. The summed E-state index contributed by atoms with van der Waals surface area (Å²) in [6, 6.07) is 8.34. The quantitative estimate of drug-likeness (QED) is 0.761. The Hall–Kier alpha value is -1.20. The van der Waals surface area contributed by atoms with Gasteiger partial charge < -0.3 is 14.5 Å². The van der Waals surface area contributed by atoms with Gasteiger partial charge in [-0.15, -0.1) is 0 Å². The monoisotopic (exact) mass is 376 g/mol. The molecule has 1 aromatic rings. The Morgan fingerprint density at radius 2 is 1.88 bits per heavy atom. The molecule has 5 heteroatoms. The molecule has 0 bridgehead atoms. The van der Waals surface area contributed by atoms with Gasteiger partial charge in [0.1, 0.15) is 5.75 Å². The topological polar surface area (TPSA) is 32.8 Å². The lowest BCUT2D eigenvalue weighted by atomic mass is 10.1. The Morgan fingerprint density at radius 3 is 2.62 bits per heavy atom. The van der Waals surface area contributed by atoms with Crippen LogP contribution in [0.2, 0.25) is 0 Å². The molecule has 1 atom stereocenters. The third kappa shape index (κ3) is 5.65. The lowest BCUT2D eigenvalue weighted by Crippen LogP contribution is -2.49. The van der Waals surface area contributed by atoms with Crippen LogP contribution >= 0.6 is 11.8 Å². The highest BCUT2D eigenvalue weighted by atomic mass is 32.2. The normalized spacial score (nSPS) is 22.0. The van der Waals surface area contributed by atoms with Gasteiger partial charge in [-0.3, -0.25) is 4.79 Å². The fourth-order valence-corrected chi connectivity index (χ4v) is 4.95. The van der Waals surface area contributed by atoms with Gasteiger partial charge in [-0.1, -0.05) is 18.6 Å². The number of carbonyl (C=O) groups is 1. The summed E-state index contributed by atoms with van der Waals surface area (Å²) in [5.74, 6) is 3.39. The summed E-state index contributed by atoms with van der Waals surface area (Å²) in [6.07, 6.45) is 5.57. The van der Waals surface area contributed by atoms with Gasteiger partial charge in [0.05, 0.1) is 19.1 Å². The number of thioether (sulfide) groups is 1. The van der Waals surface area contributed by atoms with Gasteiger partial charge in [0, 0.05) is 18.8 Å². The van der Waals surface area contributed by atoms with Gasteiger partial charge in [0.25, 0.3) is 0 Å². The molecule has 0 aliphatic carbocycles. The smallest absolute Gasteiger partial charge is 0.227 e. The molecule has 0 saturated carbocycles. The highest BCUT2D eigenvalue weighted by Gasteiger charge is 2.27. The molecule has 0 N–H and O–H groups in total. The Labute approximate surface area is 162 Å². The van der Waals surface area contributed by atoms with Crippen molar-refractivity contribution in [3.05, 3.63) is 29.8 Å².